The maximum Gasteiger partial charge on any atom is 0.113 e. The highest BCUT2D eigenvalue weighted by molar-refractivity contribution is 5.41. The van der Waals surface area contributed by atoms with Gasteiger partial charge in [-0.05, 0) is 30.5 Å². The number of nitrogen functional groups attached to an aromatic ring is 1. The van der Waals surface area contributed by atoms with Crippen LogP contribution < -0.4 is 5.73 Å². The highest BCUT2D eigenvalue weighted by Gasteiger charge is 2.17. The van der Waals surface area contributed by atoms with Crippen molar-refractivity contribution in [3.05, 3.63) is 48.0 Å². The van der Waals surface area contributed by atoms with Gasteiger partial charge in [-0.3, -0.25) is 0 Å². The Balaban J connectivity index is 1.72. The lowest BCUT2D eigenvalue weighted by molar-refractivity contribution is 0.0963. The van der Waals surface area contributed by atoms with Crippen molar-refractivity contribution in [1.29, 1.82) is 0 Å². The molecule has 19 heavy (non-hydrogen) atoms. The summed E-state index contributed by atoms with van der Waals surface area (Å²) < 4.78 is 7.88. The minimum absolute atomic E-state index is 0.341. The van der Waals surface area contributed by atoms with E-state index in [-0.39, 0.29) is 0 Å². The van der Waals surface area contributed by atoms with Crippen LogP contribution in [0.25, 0.3) is 0 Å². The Morgan fingerprint density at radius 1 is 1.42 bits per heavy atom. The van der Waals surface area contributed by atoms with Crippen LogP contribution in [-0.4, -0.2) is 22.3 Å². The van der Waals surface area contributed by atoms with E-state index in [2.05, 4.69) is 15.6 Å². The minimum Gasteiger partial charge on any atom is -0.399 e. The first kappa shape index (κ1) is 12.2. The molecule has 1 atom stereocenters. The molecule has 1 unspecified atom stereocenters. The minimum atomic E-state index is 0.341. The zero-order valence-electron chi connectivity index (χ0n) is 11.0. The third-order valence-electron chi connectivity index (χ3n) is 3.54. The average molecular weight is 257 g/mol. The summed E-state index contributed by atoms with van der Waals surface area (Å²) in [6, 6.07) is 7.98. The molecule has 0 saturated carbocycles. The normalized spacial score (nSPS) is 18.8. The molecule has 1 aromatic carbocycles. The van der Waals surface area contributed by atoms with E-state index in [4.69, 9.17) is 10.5 Å². The molecule has 2 N–H and O–H groups in total. The van der Waals surface area contributed by atoms with Crippen molar-refractivity contribution < 1.29 is 4.74 Å². The van der Waals surface area contributed by atoms with Crippen molar-refractivity contribution in [2.75, 3.05) is 12.3 Å². The van der Waals surface area contributed by atoms with Crippen LogP contribution in [-0.2, 0) is 17.7 Å². The molecule has 2 heterocycles. The van der Waals surface area contributed by atoms with E-state index < -0.39 is 0 Å². The summed E-state index contributed by atoms with van der Waals surface area (Å²) in [6.45, 7) is 1.79. The van der Waals surface area contributed by atoms with Gasteiger partial charge in [0.2, 0.25) is 0 Å². The Morgan fingerprint density at radius 2 is 2.37 bits per heavy atom. The molecule has 0 amide bonds. The van der Waals surface area contributed by atoms with E-state index in [1.54, 1.807) is 0 Å². The molecule has 0 bridgehead atoms. The number of rotatable bonds is 4. The maximum atomic E-state index is 5.81. The third-order valence-corrected chi connectivity index (χ3v) is 3.54. The molecule has 0 aliphatic carbocycles. The fourth-order valence-corrected chi connectivity index (χ4v) is 2.57. The summed E-state index contributed by atoms with van der Waals surface area (Å²) in [7, 11) is 0. The van der Waals surface area contributed by atoms with Gasteiger partial charge in [0.05, 0.1) is 12.6 Å². The molecule has 4 heteroatoms. The Hall–Kier alpha value is -1.81. The Labute approximate surface area is 113 Å². The summed E-state index contributed by atoms with van der Waals surface area (Å²) >= 11 is 0. The molecule has 1 aromatic heterocycles. The Bertz CT molecular complexity index is 544. The molecular weight excluding hydrogens is 238 g/mol. The van der Waals surface area contributed by atoms with E-state index in [1.807, 2.05) is 30.6 Å². The first-order chi connectivity index (χ1) is 9.31. The molecule has 1 aliphatic rings. The predicted molar refractivity (Wildman–Crippen MR) is 74.9 cm³/mol. The lowest BCUT2D eigenvalue weighted by Gasteiger charge is -2.13. The van der Waals surface area contributed by atoms with Gasteiger partial charge in [0, 0.05) is 31.1 Å². The van der Waals surface area contributed by atoms with E-state index in [0.29, 0.717) is 6.10 Å². The van der Waals surface area contributed by atoms with Crippen molar-refractivity contribution in [3.8, 4) is 0 Å². The molecule has 2 aromatic rings. The van der Waals surface area contributed by atoms with Gasteiger partial charge in [-0.2, -0.15) is 0 Å². The first-order valence-corrected chi connectivity index (χ1v) is 6.77. The van der Waals surface area contributed by atoms with Crippen molar-refractivity contribution in [2.24, 2.45) is 0 Å². The SMILES string of the molecule is Nc1cccc(Cc2nccn2CC2CCCO2)c1. The van der Waals surface area contributed by atoms with E-state index in [1.165, 1.54) is 12.0 Å². The number of hydrogen-bond donors (Lipinski definition) is 1. The average Bonchev–Trinajstić information content (AvgIpc) is 3.03. The van der Waals surface area contributed by atoms with Crippen LogP contribution in [0.4, 0.5) is 5.69 Å². The van der Waals surface area contributed by atoms with E-state index in [9.17, 15) is 0 Å². The van der Waals surface area contributed by atoms with Gasteiger partial charge < -0.3 is 15.0 Å². The highest BCUT2D eigenvalue weighted by atomic mass is 16.5. The molecule has 1 aliphatic heterocycles. The molecule has 4 nitrogen and oxygen atoms in total. The van der Waals surface area contributed by atoms with Gasteiger partial charge in [0.1, 0.15) is 5.82 Å². The maximum absolute atomic E-state index is 5.81. The van der Waals surface area contributed by atoms with Gasteiger partial charge >= 0.3 is 0 Å². The van der Waals surface area contributed by atoms with E-state index in [0.717, 1.165) is 37.5 Å². The molecule has 1 fully saturated rings. The summed E-state index contributed by atoms with van der Waals surface area (Å²) in [4.78, 5) is 4.45. The molecular formula is C15H19N3O. The smallest absolute Gasteiger partial charge is 0.113 e. The number of hydrogen-bond acceptors (Lipinski definition) is 3. The zero-order chi connectivity index (χ0) is 13.1. The number of aromatic nitrogens is 2. The number of anilines is 1. The molecule has 100 valence electrons. The van der Waals surface area contributed by atoms with Crippen LogP contribution in [0.5, 0.6) is 0 Å². The topological polar surface area (TPSA) is 53.1 Å². The van der Waals surface area contributed by atoms with Gasteiger partial charge in [-0.1, -0.05) is 12.1 Å². The van der Waals surface area contributed by atoms with Gasteiger partial charge in [-0.15, -0.1) is 0 Å². The number of benzene rings is 1. The first-order valence-electron chi connectivity index (χ1n) is 6.77. The van der Waals surface area contributed by atoms with Crippen LogP contribution in [0.2, 0.25) is 0 Å². The highest BCUT2D eigenvalue weighted by Crippen LogP contribution is 2.16. The van der Waals surface area contributed by atoms with Crippen molar-refractivity contribution in [2.45, 2.75) is 31.9 Å². The van der Waals surface area contributed by atoms with Crippen LogP contribution in [0.15, 0.2) is 36.7 Å². The second-order valence-electron chi connectivity index (χ2n) is 5.05. The number of imidazole rings is 1. The van der Waals surface area contributed by atoms with Crippen LogP contribution in [0.1, 0.15) is 24.2 Å². The van der Waals surface area contributed by atoms with Gasteiger partial charge in [0.15, 0.2) is 0 Å². The summed E-state index contributed by atoms with van der Waals surface area (Å²) in [5, 5.41) is 0. The second-order valence-corrected chi connectivity index (χ2v) is 5.05. The summed E-state index contributed by atoms with van der Waals surface area (Å²) in [6.07, 6.45) is 7.36. The molecule has 0 spiro atoms. The third kappa shape index (κ3) is 2.96. The molecule has 1 saturated heterocycles. The Morgan fingerprint density at radius 3 is 3.16 bits per heavy atom. The van der Waals surface area contributed by atoms with Crippen LogP contribution in [0.3, 0.4) is 0 Å². The van der Waals surface area contributed by atoms with Gasteiger partial charge in [-0.25, -0.2) is 4.98 Å². The van der Waals surface area contributed by atoms with Crippen LogP contribution in [0, 0.1) is 0 Å². The quantitative estimate of drug-likeness (QED) is 0.855. The standard InChI is InChI=1S/C15H19N3O/c16-13-4-1-3-12(9-13)10-15-17-6-7-18(15)11-14-5-2-8-19-14/h1,3-4,6-7,9,14H,2,5,8,10-11,16H2. The van der Waals surface area contributed by atoms with Crippen molar-refractivity contribution in [3.63, 3.8) is 0 Å². The summed E-state index contributed by atoms with van der Waals surface area (Å²) in [5.41, 5.74) is 7.81. The van der Waals surface area contributed by atoms with Crippen molar-refractivity contribution in [1.82, 2.24) is 9.55 Å². The predicted octanol–water partition coefficient (Wildman–Crippen LogP) is 2.24. The van der Waals surface area contributed by atoms with Crippen molar-refractivity contribution >= 4 is 5.69 Å². The number of nitrogens with two attached hydrogens (primary N) is 1. The lowest BCUT2D eigenvalue weighted by Crippen LogP contribution is -2.16. The van der Waals surface area contributed by atoms with Crippen LogP contribution >= 0.6 is 0 Å². The Kier molecular flexibility index (Phi) is 3.51. The van der Waals surface area contributed by atoms with E-state index >= 15 is 0 Å². The lowest BCUT2D eigenvalue weighted by atomic mass is 10.1. The second kappa shape index (κ2) is 5.45. The molecule has 0 radical (unpaired) electrons. The summed E-state index contributed by atoms with van der Waals surface area (Å²) in [5.74, 6) is 1.07. The fourth-order valence-electron chi connectivity index (χ4n) is 2.57. The number of nitrogens with zero attached hydrogens (tertiary/aromatic N) is 2. The zero-order valence-corrected chi connectivity index (χ0v) is 11.0. The largest absolute Gasteiger partial charge is 0.399 e. The number of ether oxygens (including phenoxy) is 1. The monoisotopic (exact) mass is 257 g/mol. The van der Waals surface area contributed by atoms with Gasteiger partial charge in [0.25, 0.3) is 0 Å². The fraction of sp³-hybridized carbons (Fsp3) is 0.400. The molecule has 3 rings (SSSR count).